The van der Waals surface area contributed by atoms with Gasteiger partial charge < -0.3 is 10.2 Å². The predicted octanol–water partition coefficient (Wildman–Crippen LogP) is 2.87. The molecule has 0 amide bonds. The summed E-state index contributed by atoms with van der Waals surface area (Å²) >= 11 is 0. The number of aliphatic hydroxyl groups is 2. The average Bonchev–Trinajstić information content (AvgIpc) is 2.40. The molecule has 2 aliphatic carbocycles. The van der Waals surface area contributed by atoms with Crippen molar-refractivity contribution in [3.8, 4) is 0 Å². The van der Waals surface area contributed by atoms with Gasteiger partial charge in [-0.05, 0) is 37.5 Å². The monoisotopic (exact) mass is 226 g/mol. The normalized spacial score (nSPS) is 25.9. The third-order valence-corrected chi connectivity index (χ3v) is 4.88. The molecule has 0 bridgehead atoms. The highest BCUT2D eigenvalue weighted by Crippen LogP contribution is 2.42. The van der Waals surface area contributed by atoms with Gasteiger partial charge in [0.15, 0.2) is 0 Å². The lowest BCUT2D eigenvalue weighted by molar-refractivity contribution is -0.122. The van der Waals surface area contributed by atoms with Crippen LogP contribution in [0.5, 0.6) is 0 Å². The van der Waals surface area contributed by atoms with Crippen LogP contribution in [0.2, 0.25) is 0 Å². The van der Waals surface area contributed by atoms with E-state index in [0.717, 1.165) is 25.7 Å². The fraction of sp³-hybridized carbons (Fsp3) is 1.00. The number of hydrogen-bond donors (Lipinski definition) is 2. The van der Waals surface area contributed by atoms with Gasteiger partial charge in [-0.25, -0.2) is 0 Å². The smallest absolute Gasteiger partial charge is 0.0933 e. The summed E-state index contributed by atoms with van der Waals surface area (Å²) in [7, 11) is 0. The molecule has 0 saturated heterocycles. The van der Waals surface area contributed by atoms with Crippen LogP contribution < -0.4 is 0 Å². The first-order chi connectivity index (χ1) is 7.77. The van der Waals surface area contributed by atoms with Gasteiger partial charge in [-0.15, -0.1) is 0 Å². The van der Waals surface area contributed by atoms with E-state index < -0.39 is 5.60 Å². The van der Waals surface area contributed by atoms with Crippen LogP contribution in [0.3, 0.4) is 0 Å². The van der Waals surface area contributed by atoms with Crippen molar-refractivity contribution in [3.05, 3.63) is 0 Å². The Morgan fingerprint density at radius 1 is 0.750 bits per heavy atom. The van der Waals surface area contributed by atoms with Crippen LogP contribution in [0.4, 0.5) is 0 Å². The van der Waals surface area contributed by atoms with Crippen LogP contribution >= 0.6 is 0 Å². The molecule has 2 fully saturated rings. The first-order valence-electron chi connectivity index (χ1n) is 7.10. The molecule has 2 saturated carbocycles. The summed E-state index contributed by atoms with van der Waals surface area (Å²) in [6.07, 6.45) is 12.0. The van der Waals surface area contributed by atoms with E-state index >= 15 is 0 Å². The van der Waals surface area contributed by atoms with Gasteiger partial charge in [0.25, 0.3) is 0 Å². The molecule has 0 spiro atoms. The van der Waals surface area contributed by atoms with Gasteiger partial charge in [0.1, 0.15) is 0 Å². The van der Waals surface area contributed by atoms with E-state index in [1.165, 1.54) is 38.5 Å². The Labute approximate surface area is 99.1 Å². The highest BCUT2D eigenvalue weighted by molar-refractivity contribution is 4.94. The summed E-state index contributed by atoms with van der Waals surface area (Å²) in [4.78, 5) is 0. The second-order valence-electron chi connectivity index (χ2n) is 5.82. The topological polar surface area (TPSA) is 40.5 Å². The van der Waals surface area contributed by atoms with Gasteiger partial charge in [-0.2, -0.15) is 0 Å². The summed E-state index contributed by atoms with van der Waals surface area (Å²) in [6, 6.07) is 0. The minimum atomic E-state index is -0.763. The Morgan fingerprint density at radius 2 is 1.12 bits per heavy atom. The molecule has 0 heterocycles. The Bertz CT molecular complexity index is 185. The standard InChI is InChI=1S/C14H26O2/c15-11-14(16,12-7-3-1-4-8-12)13-9-5-2-6-10-13/h12-13,15-16H,1-11H2. The molecule has 0 aromatic carbocycles. The van der Waals surface area contributed by atoms with Crippen LogP contribution in [0, 0.1) is 11.8 Å². The minimum Gasteiger partial charge on any atom is -0.393 e. The quantitative estimate of drug-likeness (QED) is 0.777. The van der Waals surface area contributed by atoms with Crippen LogP contribution in [-0.2, 0) is 0 Å². The molecule has 0 aliphatic heterocycles. The molecular formula is C14H26O2. The van der Waals surface area contributed by atoms with Gasteiger partial charge >= 0.3 is 0 Å². The summed E-state index contributed by atoms with van der Waals surface area (Å²) in [5, 5.41) is 20.5. The molecule has 2 aliphatic rings. The second-order valence-corrected chi connectivity index (χ2v) is 5.82. The molecule has 2 nitrogen and oxygen atoms in total. The Morgan fingerprint density at radius 3 is 1.44 bits per heavy atom. The molecule has 16 heavy (non-hydrogen) atoms. The maximum atomic E-state index is 10.8. The van der Waals surface area contributed by atoms with Crippen molar-refractivity contribution in [1.29, 1.82) is 0 Å². The first kappa shape index (κ1) is 12.4. The molecule has 2 N–H and O–H groups in total. The SMILES string of the molecule is OCC(O)(C1CCCCC1)C1CCCCC1. The van der Waals surface area contributed by atoms with Crippen molar-refractivity contribution in [2.75, 3.05) is 6.61 Å². The molecule has 0 unspecified atom stereocenters. The van der Waals surface area contributed by atoms with Crippen molar-refractivity contribution >= 4 is 0 Å². The molecule has 2 heteroatoms. The lowest BCUT2D eigenvalue weighted by Crippen LogP contribution is -2.49. The molecule has 0 radical (unpaired) electrons. The average molecular weight is 226 g/mol. The van der Waals surface area contributed by atoms with Gasteiger partial charge in [0.2, 0.25) is 0 Å². The molecular weight excluding hydrogens is 200 g/mol. The number of rotatable bonds is 3. The van der Waals surface area contributed by atoms with Gasteiger partial charge in [0, 0.05) is 0 Å². The van der Waals surface area contributed by atoms with Crippen molar-refractivity contribution in [2.45, 2.75) is 69.8 Å². The van der Waals surface area contributed by atoms with E-state index in [-0.39, 0.29) is 6.61 Å². The van der Waals surface area contributed by atoms with E-state index in [1.807, 2.05) is 0 Å². The zero-order valence-electron chi connectivity index (χ0n) is 10.3. The van der Waals surface area contributed by atoms with Crippen LogP contribution in [0.1, 0.15) is 64.2 Å². The predicted molar refractivity (Wildman–Crippen MR) is 65.2 cm³/mol. The second kappa shape index (κ2) is 5.50. The van der Waals surface area contributed by atoms with Gasteiger partial charge in [-0.3, -0.25) is 0 Å². The van der Waals surface area contributed by atoms with Crippen molar-refractivity contribution in [2.24, 2.45) is 11.8 Å². The maximum absolute atomic E-state index is 10.8. The lowest BCUT2D eigenvalue weighted by atomic mass is 9.67. The van der Waals surface area contributed by atoms with E-state index in [4.69, 9.17) is 0 Å². The Balaban J connectivity index is 2.03. The van der Waals surface area contributed by atoms with Crippen LogP contribution in [-0.4, -0.2) is 22.4 Å². The highest BCUT2D eigenvalue weighted by atomic mass is 16.3. The lowest BCUT2D eigenvalue weighted by Gasteiger charge is -2.44. The minimum absolute atomic E-state index is 0.0255. The zero-order valence-corrected chi connectivity index (χ0v) is 10.3. The summed E-state index contributed by atoms with van der Waals surface area (Å²) in [6.45, 7) is -0.0255. The summed E-state index contributed by atoms with van der Waals surface area (Å²) in [5.74, 6) is 0.712. The van der Waals surface area contributed by atoms with E-state index in [0.29, 0.717) is 11.8 Å². The first-order valence-corrected chi connectivity index (χ1v) is 7.10. The van der Waals surface area contributed by atoms with Crippen LogP contribution in [0.15, 0.2) is 0 Å². The molecule has 94 valence electrons. The van der Waals surface area contributed by atoms with Crippen molar-refractivity contribution in [1.82, 2.24) is 0 Å². The van der Waals surface area contributed by atoms with E-state index in [2.05, 4.69) is 0 Å². The largest absolute Gasteiger partial charge is 0.393 e. The maximum Gasteiger partial charge on any atom is 0.0933 e. The third-order valence-electron chi connectivity index (χ3n) is 4.88. The summed E-state index contributed by atoms with van der Waals surface area (Å²) < 4.78 is 0. The molecule has 2 rings (SSSR count). The summed E-state index contributed by atoms with van der Waals surface area (Å²) in [5.41, 5.74) is -0.763. The van der Waals surface area contributed by atoms with Crippen molar-refractivity contribution in [3.63, 3.8) is 0 Å². The van der Waals surface area contributed by atoms with Gasteiger partial charge in [-0.1, -0.05) is 38.5 Å². The Kier molecular flexibility index (Phi) is 4.26. The fourth-order valence-electron chi connectivity index (χ4n) is 3.80. The molecule has 0 atom stereocenters. The highest BCUT2D eigenvalue weighted by Gasteiger charge is 2.43. The molecule has 0 aromatic heterocycles. The van der Waals surface area contributed by atoms with Crippen LogP contribution in [0.25, 0.3) is 0 Å². The van der Waals surface area contributed by atoms with Gasteiger partial charge in [0.05, 0.1) is 12.2 Å². The third kappa shape index (κ3) is 2.43. The van der Waals surface area contributed by atoms with Crippen molar-refractivity contribution < 1.29 is 10.2 Å². The zero-order chi connectivity index (χ0) is 11.4. The number of aliphatic hydroxyl groups excluding tert-OH is 1. The van der Waals surface area contributed by atoms with E-state index in [9.17, 15) is 10.2 Å². The fourth-order valence-corrected chi connectivity index (χ4v) is 3.80. The number of hydrogen-bond acceptors (Lipinski definition) is 2. The molecule has 0 aromatic rings. The van der Waals surface area contributed by atoms with E-state index in [1.54, 1.807) is 0 Å². The Hall–Kier alpha value is -0.0800.